The number of aliphatic carboxylic acids is 1. The minimum atomic E-state index is -3.81. The molecule has 1 N–H and O–H groups in total. The van der Waals surface area contributed by atoms with E-state index in [9.17, 15) is 13.2 Å². The predicted octanol–water partition coefficient (Wildman–Crippen LogP) is 1.83. The minimum Gasteiger partial charge on any atom is -0.480 e. The number of halogens is 1. The lowest BCUT2D eigenvalue weighted by molar-refractivity contribution is -0.137. The van der Waals surface area contributed by atoms with Crippen molar-refractivity contribution >= 4 is 27.6 Å². The van der Waals surface area contributed by atoms with E-state index >= 15 is 0 Å². The van der Waals surface area contributed by atoms with Gasteiger partial charge in [0.05, 0.1) is 4.90 Å². The molecule has 5 nitrogen and oxygen atoms in total. The van der Waals surface area contributed by atoms with Crippen LogP contribution in [0.2, 0.25) is 5.02 Å². The molecule has 0 aliphatic carbocycles. The van der Waals surface area contributed by atoms with Gasteiger partial charge in [0.1, 0.15) is 6.54 Å². The standard InChI is InChI=1S/C11H14ClNO4S/c1-2-6-13(8-11(14)15)18(16,17)10-5-3-4-9(12)7-10/h3-5,7H,2,6,8H2,1H3,(H,14,15). The summed E-state index contributed by atoms with van der Waals surface area (Å²) in [7, 11) is -3.81. The molecule has 0 atom stereocenters. The maximum Gasteiger partial charge on any atom is 0.318 e. The van der Waals surface area contributed by atoms with Crippen LogP contribution in [0.4, 0.5) is 0 Å². The predicted molar refractivity (Wildman–Crippen MR) is 68.1 cm³/mol. The molecule has 0 aliphatic rings. The van der Waals surface area contributed by atoms with Crippen molar-refractivity contribution in [3.63, 3.8) is 0 Å². The molecule has 0 amide bonds. The lowest BCUT2D eigenvalue weighted by Crippen LogP contribution is -2.36. The lowest BCUT2D eigenvalue weighted by Gasteiger charge is -2.19. The van der Waals surface area contributed by atoms with Crippen molar-refractivity contribution in [2.75, 3.05) is 13.1 Å². The van der Waals surface area contributed by atoms with Gasteiger partial charge in [-0.1, -0.05) is 24.6 Å². The maximum absolute atomic E-state index is 12.2. The van der Waals surface area contributed by atoms with E-state index in [1.165, 1.54) is 18.2 Å². The molecule has 7 heteroatoms. The third-order valence-electron chi connectivity index (χ3n) is 2.22. The zero-order valence-electron chi connectivity index (χ0n) is 9.84. The van der Waals surface area contributed by atoms with Gasteiger partial charge < -0.3 is 5.11 Å². The topological polar surface area (TPSA) is 74.7 Å². The number of carboxylic acid groups (broad SMARTS) is 1. The number of carboxylic acids is 1. The highest BCUT2D eigenvalue weighted by molar-refractivity contribution is 7.89. The number of sulfonamides is 1. The van der Waals surface area contributed by atoms with Crippen molar-refractivity contribution in [3.8, 4) is 0 Å². The summed E-state index contributed by atoms with van der Waals surface area (Å²) in [4.78, 5) is 10.7. The van der Waals surface area contributed by atoms with Crippen LogP contribution >= 0.6 is 11.6 Å². The fourth-order valence-corrected chi connectivity index (χ4v) is 3.24. The number of rotatable bonds is 6. The van der Waals surface area contributed by atoms with Crippen LogP contribution in [0.1, 0.15) is 13.3 Å². The third-order valence-corrected chi connectivity index (χ3v) is 4.29. The maximum atomic E-state index is 12.2. The highest BCUT2D eigenvalue weighted by atomic mass is 35.5. The Balaban J connectivity index is 3.12. The monoisotopic (exact) mass is 291 g/mol. The van der Waals surface area contributed by atoms with Crippen molar-refractivity contribution in [3.05, 3.63) is 29.3 Å². The summed E-state index contributed by atoms with van der Waals surface area (Å²) < 4.78 is 25.4. The van der Waals surface area contributed by atoms with Crippen molar-refractivity contribution in [2.24, 2.45) is 0 Å². The van der Waals surface area contributed by atoms with Crippen LogP contribution in [-0.4, -0.2) is 36.9 Å². The molecule has 0 aromatic heterocycles. The van der Waals surface area contributed by atoms with Crippen LogP contribution in [0.5, 0.6) is 0 Å². The van der Waals surface area contributed by atoms with Gasteiger partial charge in [0.25, 0.3) is 0 Å². The third kappa shape index (κ3) is 3.69. The van der Waals surface area contributed by atoms with Gasteiger partial charge in [0.15, 0.2) is 0 Å². The zero-order chi connectivity index (χ0) is 13.8. The number of hydrogen-bond acceptors (Lipinski definition) is 3. The van der Waals surface area contributed by atoms with E-state index in [0.29, 0.717) is 11.4 Å². The molecule has 0 radical (unpaired) electrons. The summed E-state index contributed by atoms with van der Waals surface area (Å²) in [5, 5.41) is 9.04. The second-order valence-electron chi connectivity index (χ2n) is 3.69. The van der Waals surface area contributed by atoms with Gasteiger partial charge in [-0.3, -0.25) is 4.79 Å². The minimum absolute atomic E-state index is 0.00435. The quantitative estimate of drug-likeness (QED) is 0.867. The van der Waals surface area contributed by atoms with Crippen molar-refractivity contribution in [1.82, 2.24) is 4.31 Å². The van der Waals surface area contributed by atoms with Crippen LogP contribution in [0.25, 0.3) is 0 Å². The zero-order valence-corrected chi connectivity index (χ0v) is 11.4. The average Bonchev–Trinajstić information content (AvgIpc) is 2.28. The highest BCUT2D eigenvalue weighted by Gasteiger charge is 2.25. The van der Waals surface area contributed by atoms with E-state index in [2.05, 4.69) is 0 Å². The molecule has 0 heterocycles. The molecule has 1 rings (SSSR count). The molecule has 0 spiro atoms. The second kappa shape index (κ2) is 6.17. The van der Waals surface area contributed by atoms with Gasteiger partial charge in [-0.25, -0.2) is 8.42 Å². The molecule has 0 unspecified atom stereocenters. The first-order valence-electron chi connectivity index (χ1n) is 5.35. The van der Waals surface area contributed by atoms with Crippen molar-refractivity contribution in [2.45, 2.75) is 18.2 Å². The van der Waals surface area contributed by atoms with Gasteiger partial charge >= 0.3 is 5.97 Å². The second-order valence-corrected chi connectivity index (χ2v) is 6.06. The van der Waals surface area contributed by atoms with Crippen LogP contribution in [0, 0.1) is 0 Å². The molecule has 1 aromatic rings. The SMILES string of the molecule is CCCN(CC(=O)O)S(=O)(=O)c1cccc(Cl)c1. The Kier molecular flexibility index (Phi) is 5.13. The van der Waals surface area contributed by atoms with Gasteiger partial charge in [-0.15, -0.1) is 0 Å². The van der Waals surface area contributed by atoms with E-state index < -0.39 is 22.5 Å². The summed E-state index contributed by atoms with van der Waals surface area (Å²) in [6, 6.07) is 5.77. The summed E-state index contributed by atoms with van der Waals surface area (Å²) in [6.45, 7) is 1.38. The highest BCUT2D eigenvalue weighted by Crippen LogP contribution is 2.19. The Morgan fingerprint density at radius 3 is 2.61 bits per heavy atom. The van der Waals surface area contributed by atoms with E-state index in [4.69, 9.17) is 16.7 Å². The molecule has 100 valence electrons. The Morgan fingerprint density at radius 1 is 1.44 bits per heavy atom. The first-order chi connectivity index (χ1) is 8.37. The Hall–Kier alpha value is -1.11. The average molecular weight is 292 g/mol. The molecule has 0 fully saturated rings. The van der Waals surface area contributed by atoms with Crippen LogP contribution in [0.3, 0.4) is 0 Å². The Morgan fingerprint density at radius 2 is 2.11 bits per heavy atom. The molecule has 0 aliphatic heterocycles. The normalized spacial score (nSPS) is 11.7. The van der Waals surface area contributed by atoms with Crippen molar-refractivity contribution in [1.29, 1.82) is 0 Å². The van der Waals surface area contributed by atoms with Gasteiger partial charge in [0.2, 0.25) is 10.0 Å². The molecule has 0 saturated heterocycles. The molecule has 0 saturated carbocycles. The number of benzene rings is 1. The van der Waals surface area contributed by atoms with E-state index in [1.54, 1.807) is 13.0 Å². The largest absolute Gasteiger partial charge is 0.480 e. The van der Waals surface area contributed by atoms with Crippen LogP contribution in [-0.2, 0) is 14.8 Å². The fraction of sp³-hybridized carbons (Fsp3) is 0.364. The molecule has 0 bridgehead atoms. The number of hydrogen-bond donors (Lipinski definition) is 1. The lowest BCUT2D eigenvalue weighted by atomic mass is 10.4. The Bertz CT molecular complexity index is 530. The molecule has 1 aromatic carbocycles. The van der Waals surface area contributed by atoms with E-state index in [1.807, 2.05) is 0 Å². The Labute approximate surface area is 111 Å². The summed E-state index contributed by atoms with van der Waals surface area (Å²) in [6.07, 6.45) is 0.535. The van der Waals surface area contributed by atoms with Gasteiger partial charge in [0, 0.05) is 11.6 Å². The fourth-order valence-electron chi connectivity index (χ4n) is 1.46. The first kappa shape index (κ1) is 14.9. The smallest absolute Gasteiger partial charge is 0.318 e. The van der Waals surface area contributed by atoms with Crippen LogP contribution < -0.4 is 0 Å². The van der Waals surface area contributed by atoms with Crippen molar-refractivity contribution < 1.29 is 18.3 Å². The van der Waals surface area contributed by atoms with E-state index in [0.717, 1.165) is 4.31 Å². The first-order valence-corrected chi connectivity index (χ1v) is 7.17. The number of carbonyl (C=O) groups is 1. The summed E-state index contributed by atoms with van der Waals surface area (Å²) in [5.41, 5.74) is 0. The van der Waals surface area contributed by atoms with E-state index in [-0.39, 0.29) is 11.4 Å². The van der Waals surface area contributed by atoms with Gasteiger partial charge in [-0.2, -0.15) is 4.31 Å². The molecular weight excluding hydrogens is 278 g/mol. The summed E-state index contributed by atoms with van der Waals surface area (Å²) in [5.74, 6) is -1.19. The molecule has 18 heavy (non-hydrogen) atoms. The molecular formula is C11H14ClNO4S. The van der Waals surface area contributed by atoms with Crippen LogP contribution in [0.15, 0.2) is 29.2 Å². The van der Waals surface area contributed by atoms with Gasteiger partial charge in [-0.05, 0) is 24.6 Å². The summed E-state index contributed by atoms with van der Waals surface area (Å²) >= 11 is 5.74. The number of nitrogens with zero attached hydrogens (tertiary/aromatic N) is 1.